The fourth-order valence-corrected chi connectivity index (χ4v) is 4.53. The largest absolute Gasteiger partial charge is 0.477 e. The average molecular weight is 353 g/mol. The Bertz CT molecular complexity index is 941. The molecule has 0 saturated carbocycles. The summed E-state index contributed by atoms with van der Waals surface area (Å²) in [6.07, 6.45) is 1.73. The summed E-state index contributed by atoms with van der Waals surface area (Å²) in [5.74, 6) is -1.83. The van der Waals surface area contributed by atoms with Crippen LogP contribution in [0.25, 0.3) is 10.8 Å². The Kier molecular flexibility index (Phi) is 3.63. The summed E-state index contributed by atoms with van der Waals surface area (Å²) in [6.45, 7) is 0.250. The Morgan fingerprint density at radius 1 is 1.08 bits per heavy atom. The van der Waals surface area contributed by atoms with Gasteiger partial charge in [-0.2, -0.15) is 4.48 Å². The first-order chi connectivity index (χ1) is 12.4. The number of rotatable bonds is 2. The summed E-state index contributed by atoms with van der Waals surface area (Å²) < 4.78 is -0.608. The summed E-state index contributed by atoms with van der Waals surface area (Å²) >= 11 is 0. The van der Waals surface area contributed by atoms with Crippen molar-refractivity contribution in [3.63, 3.8) is 0 Å². The Morgan fingerprint density at radius 2 is 1.77 bits per heavy atom. The highest BCUT2D eigenvalue weighted by molar-refractivity contribution is 6.22. The molecule has 2 unspecified atom stereocenters. The molecule has 6 nitrogen and oxygen atoms in total. The Labute approximate surface area is 151 Å². The quantitative estimate of drug-likeness (QED) is 0.664. The maximum absolute atomic E-state index is 13.5. The van der Waals surface area contributed by atoms with E-state index < -0.39 is 16.5 Å². The molecule has 1 N–H and O–H groups in total. The molecule has 0 aliphatic carbocycles. The third-order valence-electron chi connectivity index (χ3n) is 5.74. The third-order valence-corrected chi connectivity index (χ3v) is 5.74. The van der Waals surface area contributed by atoms with E-state index in [0.717, 1.165) is 11.1 Å². The number of hydrogen-bond acceptors (Lipinski definition) is 4. The maximum atomic E-state index is 13.5. The Balaban J connectivity index is 2.03. The molecule has 134 valence electrons. The summed E-state index contributed by atoms with van der Waals surface area (Å²) in [4.78, 5) is 40.8. The van der Waals surface area contributed by atoms with Gasteiger partial charge in [0.15, 0.2) is 0 Å². The second-order valence-corrected chi connectivity index (χ2v) is 7.31. The van der Waals surface area contributed by atoms with Gasteiger partial charge in [-0.05, 0) is 31.0 Å². The van der Waals surface area contributed by atoms with Crippen LogP contribution < -0.4 is 4.90 Å². The number of nitrogens with zero attached hydrogens (tertiary/aromatic N) is 2. The van der Waals surface area contributed by atoms with Crippen LogP contribution in [0, 0.1) is 0 Å². The van der Waals surface area contributed by atoms with Crippen LogP contribution in [-0.2, 0) is 4.79 Å². The molecule has 0 aromatic heterocycles. The summed E-state index contributed by atoms with van der Waals surface area (Å²) in [5.41, 5.74) is 1.83. The van der Waals surface area contributed by atoms with E-state index in [4.69, 9.17) is 0 Å². The minimum atomic E-state index is -1.08. The lowest BCUT2D eigenvalue weighted by molar-refractivity contribution is -0.791. The summed E-state index contributed by atoms with van der Waals surface area (Å²) in [5, 5.41) is 11.2. The molecular weight excluding hydrogens is 332 g/mol. The number of imide groups is 1. The number of carboxylic acids is 1. The molecule has 0 radical (unpaired) electrons. The SMILES string of the molecule is CN(C)c1ccc2c3c(cccc13)C(=O)[N+]1(CCCCC1C(=O)O)C2=O. The van der Waals surface area contributed by atoms with Gasteiger partial charge >= 0.3 is 17.8 Å². The van der Waals surface area contributed by atoms with Crippen molar-refractivity contribution in [3.05, 3.63) is 41.5 Å². The first kappa shape index (κ1) is 16.7. The molecular formula is C20H21N2O4+. The van der Waals surface area contributed by atoms with Crippen LogP contribution in [0.3, 0.4) is 0 Å². The standard InChI is InChI=1S/C20H20N2O4/c1-21(2)15-10-9-14-17-12(15)6-5-7-13(17)18(23)22(19(14)24)11-4-3-8-16(22)20(25)26/h5-7,9-10,16H,3-4,8,11H2,1-2H3/p+1. The second kappa shape index (κ2) is 5.64. The first-order valence-corrected chi connectivity index (χ1v) is 8.83. The van der Waals surface area contributed by atoms with Crippen molar-refractivity contribution in [2.75, 3.05) is 25.5 Å². The maximum Gasteiger partial charge on any atom is 0.363 e. The number of piperidine rings is 1. The number of carbonyl (C=O) groups excluding carboxylic acids is 2. The molecule has 4 rings (SSSR count). The highest BCUT2D eigenvalue weighted by Gasteiger charge is 2.59. The van der Waals surface area contributed by atoms with Crippen molar-refractivity contribution in [1.82, 2.24) is 0 Å². The van der Waals surface area contributed by atoms with E-state index in [9.17, 15) is 19.5 Å². The number of aliphatic carboxylic acids is 1. The van der Waals surface area contributed by atoms with Crippen LogP contribution in [0.15, 0.2) is 30.3 Å². The number of anilines is 1. The predicted octanol–water partition coefficient (Wildman–Crippen LogP) is 2.65. The van der Waals surface area contributed by atoms with E-state index in [1.54, 1.807) is 18.2 Å². The number of amides is 2. The third kappa shape index (κ3) is 1.99. The van der Waals surface area contributed by atoms with Gasteiger partial charge in [-0.15, -0.1) is 0 Å². The molecule has 2 heterocycles. The van der Waals surface area contributed by atoms with Crippen molar-refractivity contribution in [2.45, 2.75) is 25.3 Å². The van der Waals surface area contributed by atoms with Crippen LogP contribution in [0.1, 0.15) is 40.0 Å². The molecule has 2 aliphatic rings. The van der Waals surface area contributed by atoms with Gasteiger partial charge in [0.25, 0.3) is 0 Å². The van der Waals surface area contributed by atoms with E-state index in [2.05, 4.69) is 0 Å². The first-order valence-electron chi connectivity index (χ1n) is 8.83. The zero-order valence-corrected chi connectivity index (χ0v) is 14.9. The van der Waals surface area contributed by atoms with Crippen molar-refractivity contribution >= 4 is 34.2 Å². The molecule has 6 heteroatoms. The van der Waals surface area contributed by atoms with E-state index in [1.807, 2.05) is 31.1 Å². The van der Waals surface area contributed by atoms with Gasteiger partial charge in [0.05, 0.1) is 17.7 Å². The van der Waals surface area contributed by atoms with Gasteiger partial charge in [-0.3, -0.25) is 0 Å². The van der Waals surface area contributed by atoms with Gasteiger partial charge in [0.2, 0.25) is 6.04 Å². The van der Waals surface area contributed by atoms with E-state index >= 15 is 0 Å². The van der Waals surface area contributed by atoms with E-state index in [0.29, 0.717) is 35.8 Å². The zero-order valence-electron chi connectivity index (χ0n) is 14.9. The summed E-state index contributed by atoms with van der Waals surface area (Å²) in [6, 6.07) is 8.01. The molecule has 1 saturated heterocycles. The van der Waals surface area contributed by atoms with Gasteiger partial charge < -0.3 is 10.0 Å². The van der Waals surface area contributed by atoms with Crippen LogP contribution in [0.4, 0.5) is 5.69 Å². The Morgan fingerprint density at radius 3 is 2.42 bits per heavy atom. The highest BCUT2D eigenvalue weighted by Crippen LogP contribution is 2.41. The zero-order chi connectivity index (χ0) is 18.6. The lowest BCUT2D eigenvalue weighted by Crippen LogP contribution is -2.68. The number of benzene rings is 2. The molecule has 1 spiro atoms. The summed E-state index contributed by atoms with van der Waals surface area (Å²) in [7, 11) is 3.82. The fraction of sp³-hybridized carbons (Fsp3) is 0.350. The van der Waals surface area contributed by atoms with Crippen molar-refractivity contribution in [3.8, 4) is 0 Å². The molecule has 2 atom stereocenters. The smallest absolute Gasteiger partial charge is 0.363 e. The molecule has 1 fully saturated rings. The lowest BCUT2D eigenvalue weighted by atomic mass is 9.86. The number of carbonyl (C=O) groups is 3. The normalized spacial score (nSPS) is 24.9. The second-order valence-electron chi connectivity index (χ2n) is 7.31. The number of quaternary nitrogens is 1. The van der Waals surface area contributed by atoms with Gasteiger partial charge in [-0.1, -0.05) is 12.1 Å². The van der Waals surface area contributed by atoms with Crippen LogP contribution in [-0.4, -0.2) is 54.1 Å². The Hall–Kier alpha value is -2.73. The molecule has 26 heavy (non-hydrogen) atoms. The van der Waals surface area contributed by atoms with E-state index in [-0.39, 0.29) is 18.4 Å². The van der Waals surface area contributed by atoms with Crippen LogP contribution in [0.2, 0.25) is 0 Å². The number of carboxylic acid groups (broad SMARTS) is 1. The van der Waals surface area contributed by atoms with E-state index in [1.165, 1.54) is 0 Å². The molecule has 2 aromatic carbocycles. The van der Waals surface area contributed by atoms with Crippen molar-refractivity contribution in [1.29, 1.82) is 0 Å². The van der Waals surface area contributed by atoms with Crippen LogP contribution in [0.5, 0.6) is 0 Å². The molecule has 2 aromatic rings. The lowest BCUT2D eigenvalue weighted by Gasteiger charge is -2.43. The predicted molar refractivity (Wildman–Crippen MR) is 97.3 cm³/mol. The molecule has 0 bridgehead atoms. The van der Waals surface area contributed by atoms with Gasteiger partial charge in [0.1, 0.15) is 0 Å². The van der Waals surface area contributed by atoms with Crippen molar-refractivity contribution < 1.29 is 24.0 Å². The monoisotopic (exact) mass is 353 g/mol. The van der Waals surface area contributed by atoms with Crippen molar-refractivity contribution in [2.24, 2.45) is 0 Å². The molecule has 2 amide bonds. The fourth-order valence-electron chi connectivity index (χ4n) is 4.53. The number of hydrogen-bond donors (Lipinski definition) is 1. The topological polar surface area (TPSA) is 74.7 Å². The minimum Gasteiger partial charge on any atom is -0.477 e. The van der Waals surface area contributed by atoms with Gasteiger partial charge in [0, 0.05) is 37.0 Å². The minimum absolute atomic E-state index is 0.250. The van der Waals surface area contributed by atoms with Crippen LogP contribution >= 0.6 is 0 Å². The van der Waals surface area contributed by atoms with Gasteiger partial charge in [-0.25, -0.2) is 14.4 Å². The highest BCUT2D eigenvalue weighted by atomic mass is 16.4. The molecule has 2 aliphatic heterocycles. The average Bonchev–Trinajstić information content (AvgIpc) is 2.64.